The van der Waals surface area contributed by atoms with Crippen LogP contribution in [-0.2, 0) is 6.54 Å². The van der Waals surface area contributed by atoms with Gasteiger partial charge in [-0.05, 0) is 43.5 Å². The van der Waals surface area contributed by atoms with Gasteiger partial charge in [0, 0.05) is 13.1 Å². The molecule has 1 heterocycles. The number of amides is 2. The first-order chi connectivity index (χ1) is 15.3. The number of aromatic nitrogens is 2. The standard InChI is InChI=1S/C24H28Cl2N4O2/c1-5-20(22-27-18-12-8-7-10-16(18)23(31)29(22)6-2)30(14-15(3)4)24(32)28-19-13-9-11-17(25)21(19)26/h7-13,15,20H,5-6,14H2,1-4H3,(H,28,32). The van der Waals surface area contributed by atoms with Gasteiger partial charge >= 0.3 is 6.03 Å². The smallest absolute Gasteiger partial charge is 0.314 e. The van der Waals surface area contributed by atoms with E-state index in [2.05, 4.69) is 5.32 Å². The van der Waals surface area contributed by atoms with Gasteiger partial charge in [-0.15, -0.1) is 0 Å². The largest absolute Gasteiger partial charge is 0.322 e. The topological polar surface area (TPSA) is 67.2 Å². The molecule has 0 saturated heterocycles. The second-order valence-electron chi connectivity index (χ2n) is 8.04. The number of para-hydroxylation sites is 1. The van der Waals surface area contributed by atoms with Crippen LogP contribution in [0.25, 0.3) is 10.9 Å². The number of fused-ring (bicyclic) bond motifs is 1. The molecule has 0 bridgehead atoms. The highest BCUT2D eigenvalue weighted by atomic mass is 35.5. The van der Waals surface area contributed by atoms with Gasteiger partial charge in [0.05, 0.1) is 32.7 Å². The maximum Gasteiger partial charge on any atom is 0.322 e. The van der Waals surface area contributed by atoms with Gasteiger partial charge in [0.25, 0.3) is 5.56 Å². The molecular formula is C24H28Cl2N4O2. The minimum absolute atomic E-state index is 0.102. The zero-order valence-electron chi connectivity index (χ0n) is 18.7. The molecule has 3 rings (SSSR count). The SMILES string of the molecule is CCC(c1nc2ccccc2c(=O)n1CC)N(CC(C)C)C(=O)Nc1cccc(Cl)c1Cl. The van der Waals surface area contributed by atoms with Crippen LogP contribution < -0.4 is 10.9 Å². The summed E-state index contributed by atoms with van der Waals surface area (Å²) in [6.45, 7) is 8.92. The fourth-order valence-corrected chi connectivity index (χ4v) is 4.17. The first-order valence-corrected chi connectivity index (χ1v) is 11.5. The molecule has 0 radical (unpaired) electrons. The van der Waals surface area contributed by atoms with Crippen molar-refractivity contribution in [3.63, 3.8) is 0 Å². The Bertz CT molecular complexity index is 1180. The highest BCUT2D eigenvalue weighted by Gasteiger charge is 2.29. The van der Waals surface area contributed by atoms with Crippen molar-refractivity contribution in [2.24, 2.45) is 5.92 Å². The van der Waals surface area contributed by atoms with Crippen molar-refractivity contribution >= 4 is 45.8 Å². The monoisotopic (exact) mass is 474 g/mol. The number of anilines is 1. The normalized spacial score (nSPS) is 12.2. The highest BCUT2D eigenvalue weighted by molar-refractivity contribution is 6.43. The Labute approximate surface area is 198 Å². The maximum absolute atomic E-state index is 13.4. The lowest BCUT2D eigenvalue weighted by atomic mass is 10.1. The summed E-state index contributed by atoms with van der Waals surface area (Å²) >= 11 is 12.4. The Kier molecular flexibility index (Phi) is 7.80. The predicted molar refractivity (Wildman–Crippen MR) is 132 cm³/mol. The average Bonchev–Trinajstić information content (AvgIpc) is 2.76. The Morgan fingerprint density at radius 3 is 2.50 bits per heavy atom. The van der Waals surface area contributed by atoms with Crippen LogP contribution >= 0.6 is 23.2 Å². The van der Waals surface area contributed by atoms with Crippen molar-refractivity contribution in [3.8, 4) is 0 Å². The fourth-order valence-electron chi connectivity index (χ4n) is 3.82. The number of nitrogens with one attached hydrogen (secondary N) is 1. The van der Waals surface area contributed by atoms with E-state index in [-0.39, 0.29) is 22.5 Å². The van der Waals surface area contributed by atoms with E-state index in [0.29, 0.717) is 46.9 Å². The number of halogens is 2. The van der Waals surface area contributed by atoms with Crippen LogP contribution in [0.1, 0.15) is 46.0 Å². The van der Waals surface area contributed by atoms with Crippen LogP contribution in [0.15, 0.2) is 47.3 Å². The number of carbonyl (C=O) groups excluding carboxylic acids is 1. The Balaban J connectivity index is 2.09. The fraction of sp³-hybridized carbons (Fsp3) is 0.375. The van der Waals surface area contributed by atoms with E-state index in [4.69, 9.17) is 28.2 Å². The third-order valence-corrected chi connectivity index (χ3v) is 6.10. The summed E-state index contributed by atoms with van der Waals surface area (Å²) in [6.07, 6.45) is 0.591. The first-order valence-electron chi connectivity index (χ1n) is 10.8. The van der Waals surface area contributed by atoms with Crippen LogP contribution in [0, 0.1) is 5.92 Å². The summed E-state index contributed by atoms with van der Waals surface area (Å²) in [5.74, 6) is 0.776. The molecule has 0 aliphatic carbocycles. The number of rotatable bonds is 7. The van der Waals surface area contributed by atoms with Crippen LogP contribution in [-0.4, -0.2) is 27.0 Å². The molecule has 1 atom stereocenters. The van der Waals surface area contributed by atoms with E-state index in [1.807, 2.05) is 45.9 Å². The molecule has 0 saturated carbocycles. The minimum atomic E-state index is -0.396. The summed E-state index contributed by atoms with van der Waals surface area (Å²) in [5, 5.41) is 4.10. The van der Waals surface area contributed by atoms with Gasteiger partial charge in [-0.1, -0.05) is 62.2 Å². The predicted octanol–water partition coefficient (Wildman–Crippen LogP) is 6.36. The van der Waals surface area contributed by atoms with Crippen LogP contribution in [0.5, 0.6) is 0 Å². The molecule has 8 heteroatoms. The molecule has 0 spiro atoms. The van der Waals surface area contributed by atoms with Gasteiger partial charge in [-0.2, -0.15) is 0 Å². The van der Waals surface area contributed by atoms with Crippen molar-refractivity contribution in [1.82, 2.24) is 14.5 Å². The summed E-state index contributed by atoms with van der Waals surface area (Å²) in [7, 11) is 0. The summed E-state index contributed by atoms with van der Waals surface area (Å²) in [5.41, 5.74) is 0.958. The van der Waals surface area contributed by atoms with Crippen molar-refractivity contribution < 1.29 is 4.79 Å². The lowest BCUT2D eigenvalue weighted by Gasteiger charge is -2.33. The highest BCUT2D eigenvalue weighted by Crippen LogP contribution is 2.31. The van der Waals surface area contributed by atoms with Crippen molar-refractivity contribution in [3.05, 3.63) is 68.7 Å². The molecule has 32 heavy (non-hydrogen) atoms. The van der Waals surface area contributed by atoms with Crippen molar-refractivity contribution in [1.29, 1.82) is 0 Å². The van der Waals surface area contributed by atoms with E-state index >= 15 is 0 Å². The average molecular weight is 475 g/mol. The second-order valence-corrected chi connectivity index (χ2v) is 8.82. The quantitative estimate of drug-likeness (QED) is 0.432. The number of benzene rings is 2. The number of carbonyl (C=O) groups is 1. The van der Waals surface area contributed by atoms with E-state index in [0.717, 1.165) is 0 Å². The summed E-state index contributed by atoms with van der Waals surface area (Å²) in [6, 6.07) is 11.7. The van der Waals surface area contributed by atoms with Crippen molar-refractivity contribution in [2.45, 2.75) is 46.7 Å². The van der Waals surface area contributed by atoms with Gasteiger partial charge in [-0.25, -0.2) is 9.78 Å². The van der Waals surface area contributed by atoms with E-state index in [1.54, 1.807) is 33.7 Å². The van der Waals surface area contributed by atoms with Gasteiger partial charge in [0.15, 0.2) is 0 Å². The molecule has 3 aromatic rings. The molecule has 1 unspecified atom stereocenters. The summed E-state index contributed by atoms with van der Waals surface area (Å²) in [4.78, 5) is 33.1. The third kappa shape index (κ3) is 4.92. The van der Waals surface area contributed by atoms with Crippen LogP contribution in [0.4, 0.5) is 10.5 Å². The first kappa shape index (κ1) is 24.1. The van der Waals surface area contributed by atoms with Crippen LogP contribution in [0.3, 0.4) is 0 Å². The molecular weight excluding hydrogens is 447 g/mol. The second kappa shape index (κ2) is 10.4. The van der Waals surface area contributed by atoms with Crippen molar-refractivity contribution in [2.75, 3.05) is 11.9 Å². The van der Waals surface area contributed by atoms with E-state index < -0.39 is 6.04 Å². The van der Waals surface area contributed by atoms with Crippen LogP contribution in [0.2, 0.25) is 10.0 Å². The van der Waals surface area contributed by atoms with E-state index in [1.165, 1.54) is 0 Å². The number of nitrogens with zero attached hydrogens (tertiary/aromatic N) is 3. The van der Waals surface area contributed by atoms with E-state index in [9.17, 15) is 9.59 Å². The molecule has 2 amide bonds. The Morgan fingerprint density at radius 2 is 1.84 bits per heavy atom. The lowest BCUT2D eigenvalue weighted by molar-refractivity contribution is 0.170. The number of hydrogen-bond acceptors (Lipinski definition) is 3. The molecule has 1 aromatic heterocycles. The zero-order valence-corrected chi connectivity index (χ0v) is 20.2. The lowest BCUT2D eigenvalue weighted by Crippen LogP contribution is -2.42. The van der Waals surface area contributed by atoms with Gasteiger partial charge in [-0.3, -0.25) is 9.36 Å². The number of urea groups is 1. The molecule has 1 N–H and O–H groups in total. The zero-order chi connectivity index (χ0) is 23.4. The summed E-state index contributed by atoms with van der Waals surface area (Å²) < 4.78 is 1.66. The molecule has 6 nitrogen and oxygen atoms in total. The van der Waals surface area contributed by atoms with Gasteiger partial charge in [0.2, 0.25) is 0 Å². The number of hydrogen-bond donors (Lipinski definition) is 1. The maximum atomic E-state index is 13.4. The molecule has 0 fully saturated rings. The van der Waals surface area contributed by atoms with Gasteiger partial charge < -0.3 is 10.2 Å². The third-order valence-electron chi connectivity index (χ3n) is 5.28. The molecule has 0 aliphatic heterocycles. The minimum Gasteiger partial charge on any atom is -0.314 e. The Morgan fingerprint density at radius 1 is 1.12 bits per heavy atom. The molecule has 0 aliphatic rings. The van der Waals surface area contributed by atoms with Gasteiger partial charge in [0.1, 0.15) is 5.82 Å². The molecule has 170 valence electrons. The molecule has 2 aromatic carbocycles. The Hall–Kier alpha value is -2.57.